The Morgan fingerprint density at radius 1 is 1.12 bits per heavy atom. The number of piperidine rings is 1. The van der Waals surface area contributed by atoms with Crippen molar-refractivity contribution in [2.45, 2.75) is 76.9 Å². The molecule has 1 amide bonds. The van der Waals surface area contributed by atoms with Gasteiger partial charge in [-0.05, 0) is 95.0 Å². The number of hydrogen-bond acceptors (Lipinski definition) is 4. The highest BCUT2D eigenvalue weighted by Crippen LogP contribution is 2.48. The SMILES string of the molecule is CC(C)(C)OC(=O)N1CC2(CC[C@@H](N3CCC(c4ccccc4C4=CCOCC4)CC3)C2)C1. The van der Waals surface area contributed by atoms with Crippen molar-refractivity contribution >= 4 is 11.7 Å². The van der Waals surface area contributed by atoms with E-state index in [2.05, 4.69) is 35.2 Å². The first kappa shape index (κ1) is 22.9. The molecule has 180 valence electrons. The Morgan fingerprint density at radius 3 is 2.58 bits per heavy atom. The zero-order valence-corrected chi connectivity index (χ0v) is 20.6. The number of likely N-dealkylation sites (tertiary alicyclic amines) is 2. The van der Waals surface area contributed by atoms with Crippen LogP contribution in [0.4, 0.5) is 4.79 Å². The Labute approximate surface area is 199 Å². The molecular formula is C28H40N2O3. The summed E-state index contributed by atoms with van der Waals surface area (Å²) < 4.78 is 11.1. The van der Waals surface area contributed by atoms with E-state index in [1.807, 2.05) is 25.7 Å². The fraction of sp³-hybridized carbons (Fsp3) is 0.679. The van der Waals surface area contributed by atoms with Crippen molar-refractivity contribution in [2.24, 2.45) is 5.41 Å². The number of benzene rings is 1. The van der Waals surface area contributed by atoms with E-state index in [1.54, 1.807) is 5.56 Å². The fourth-order valence-corrected chi connectivity index (χ4v) is 6.49. The van der Waals surface area contributed by atoms with E-state index in [9.17, 15) is 4.79 Å². The highest BCUT2D eigenvalue weighted by Gasteiger charge is 2.51. The van der Waals surface area contributed by atoms with Crippen molar-refractivity contribution in [3.8, 4) is 0 Å². The van der Waals surface area contributed by atoms with Gasteiger partial charge in [0.2, 0.25) is 0 Å². The third-order valence-corrected chi connectivity index (χ3v) is 8.14. The van der Waals surface area contributed by atoms with Crippen LogP contribution in [0.2, 0.25) is 0 Å². The van der Waals surface area contributed by atoms with E-state index in [0.29, 0.717) is 17.4 Å². The molecule has 1 aromatic carbocycles. The predicted molar refractivity (Wildman–Crippen MR) is 131 cm³/mol. The van der Waals surface area contributed by atoms with Crippen LogP contribution in [0.25, 0.3) is 5.57 Å². The van der Waals surface area contributed by atoms with Gasteiger partial charge in [0, 0.05) is 24.5 Å². The predicted octanol–water partition coefficient (Wildman–Crippen LogP) is 5.46. The minimum atomic E-state index is -0.414. The lowest BCUT2D eigenvalue weighted by molar-refractivity contribution is -0.0347. The largest absolute Gasteiger partial charge is 0.444 e. The van der Waals surface area contributed by atoms with Crippen molar-refractivity contribution in [2.75, 3.05) is 39.4 Å². The van der Waals surface area contributed by atoms with Gasteiger partial charge >= 0.3 is 6.09 Å². The first-order valence-corrected chi connectivity index (χ1v) is 12.9. The minimum Gasteiger partial charge on any atom is -0.444 e. The van der Waals surface area contributed by atoms with Gasteiger partial charge in [-0.1, -0.05) is 30.3 Å². The molecule has 3 heterocycles. The Kier molecular flexibility index (Phi) is 6.30. The second kappa shape index (κ2) is 9.07. The maximum absolute atomic E-state index is 12.4. The smallest absolute Gasteiger partial charge is 0.410 e. The first-order chi connectivity index (χ1) is 15.8. The third kappa shape index (κ3) is 5.00. The number of nitrogens with zero attached hydrogens (tertiary/aromatic N) is 2. The van der Waals surface area contributed by atoms with Crippen LogP contribution >= 0.6 is 0 Å². The summed E-state index contributed by atoms with van der Waals surface area (Å²) in [7, 11) is 0. The molecule has 0 bridgehead atoms. The van der Waals surface area contributed by atoms with Crippen molar-refractivity contribution < 1.29 is 14.3 Å². The summed E-state index contributed by atoms with van der Waals surface area (Å²) in [6.45, 7) is 11.5. The van der Waals surface area contributed by atoms with Crippen molar-refractivity contribution in [3.63, 3.8) is 0 Å². The zero-order valence-electron chi connectivity index (χ0n) is 20.6. The average molecular weight is 453 g/mol. The summed E-state index contributed by atoms with van der Waals surface area (Å²) in [5.41, 5.74) is 4.38. The fourth-order valence-electron chi connectivity index (χ4n) is 6.49. The summed E-state index contributed by atoms with van der Waals surface area (Å²) in [4.78, 5) is 17.0. The second-order valence-corrected chi connectivity index (χ2v) is 11.7. The lowest BCUT2D eigenvalue weighted by atomic mass is 9.78. The molecule has 3 aliphatic heterocycles. The van der Waals surface area contributed by atoms with E-state index in [4.69, 9.17) is 9.47 Å². The van der Waals surface area contributed by atoms with Crippen molar-refractivity contribution in [3.05, 3.63) is 41.5 Å². The molecule has 2 saturated heterocycles. The Bertz CT molecular complexity index is 889. The van der Waals surface area contributed by atoms with Crippen LogP contribution in [0.3, 0.4) is 0 Å². The summed E-state index contributed by atoms with van der Waals surface area (Å²) in [5.74, 6) is 0.655. The second-order valence-electron chi connectivity index (χ2n) is 11.7. The summed E-state index contributed by atoms with van der Waals surface area (Å²) in [6, 6.07) is 9.74. The van der Waals surface area contributed by atoms with Crippen LogP contribution in [-0.4, -0.2) is 66.9 Å². The van der Waals surface area contributed by atoms with Crippen LogP contribution in [0.5, 0.6) is 0 Å². The molecule has 1 aromatic rings. The van der Waals surface area contributed by atoms with Gasteiger partial charge < -0.3 is 19.3 Å². The van der Waals surface area contributed by atoms with Gasteiger partial charge in [0.25, 0.3) is 0 Å². The van der Waals surface area contributed by atoms with Gasteiger partial charge in [0.1, 0.15) is 5.60 Å². The monoisotopic (exact) mass is 452 g/mol. The van der Waals surface area contributed by atoms with Crippen LogP contribution in [0.15, 0.2) is 30.3 Å². The van der Waals surface area contributed by atoms with Crippen molar-refractivity contribution in [1.82, 2.24) is 9.80 Å². The van der Waals surface area contributed by atoms with Crippen LogP contribution in [-0.2, 0) is 9.47 Å². The van der Waals surface area contributed by atoms with Gasteiger partial charge in [-0.3, -0.25) is 0 Å². The van der Waals surface area contributed by atoms with Crippen LogP contribution in [0, 0.1) is 5.41 Å². The normalized spacial score (nSPS) is 26.2. The molecule has 1 saturated carbocycles. The molecule has 0 unspecified atom stereocenters. The molecule has 33 heavy (non-hydrogen) atoms. The molecule has 4 aliphatic rings. The van der Waals surface area contributed by atoms with Crippen LogP contribution < -0.4 is 0 Å². The van der Waals surface area contributed by atoms with Gasteiger partial charge in [-0.25, -0.2) is 4.79 Å². The van der Waals surface area contributed by atoms with Gasteiger partial charge in [0.15, 0.2) is 0 Å². The molecule has 0 radical (unpaired) electrons. The third-order valence-electron chi connectivity index (χ3n) is 8.14. The van der Waals surface area contributed by atoms with Crippen molar-refractivity contribution in [1.29, 1.82) is 0 Å². The molecule has 5 heteroatoms. The lowest BCUT2D eigenvalue weighted by Gasteiger charge is -2.48. The molecular weight excluding hydrogens is 412 g/mol. The van der Waals surface area contributed by atoms with E-state index in [1.165, 1.54) is 56.3 Å². The molecule has 1 aliphatic carbocycles. The number of amides is 1. The van der Waals surface area contributed by atoms with E-state index >= 15 is 0 Å². The van der Waals surface area contributed by atoms with E-state index in [-0.39, 0.29) is 6.09 Å². The number of carbonyl (C=O) groups excluding carboxylic acids is 1. The minimum absolute atomic E-state index is 0.143. The number of ether oxygens (including phenoxy) is 2. The van der Waals surface area contributed by atoms with E-state index in [0.717, 1.165) is 32.7 Å². The summed E-state index contributed by atoms with van der Waals surface area (Å²) in [6.07, 6.45) is 9.40. The lowest BCUT2D eigenvalue weighted by Crippen LogP contribution is -2.58. The Morgan fingerprint density at radius 2 is 1.88 bits per heavy atom. The topological polar surface area (TPSA) is 42.0 Å². The molecule has 0 aromatic heterocycles. The molecule has 5 rings (SSSR count). The Balaban J connectivity index is 1.14. The molecule has 1 atom stereocenters. The summed E-state index contributed by atoms with van der Waals surface area (Å²) in [5, 5.41) is 0. The number of hydrogen-bond donors (Lipinski definition) is 0. The molecule has 0 N–H and O–H groups in total. The highest BCUT2D eigenvalue weighted by atomic mass is 16.6. The molecule has 3 fully saturated rings. The molecule has 1 spiro atoms. The van der Waals surface area contributed by atoms with Gasteiger partial charge in [0.05, 0.1) is 13.2 Å². The number of carbonyl (C=O) groups is 1. The maximum atomic E-state index is 12.4. The molecule has 5 nitrogen and oxygen atoms in total. The van der Waals surface area contributed by atoms with Crippen LogP contribution in [0.1, 0.15) is 76.3 Å². The van der Waals surface area contributed by atoms with Gasteiger partial charge in [-0.15, -0.1) is 0 Å². The van der Waals surface area contributed by atoms with E-state index < -0.39 is 5.60 Å². The maximum Gasteiger partial charge on any atom is 0.410 e. The first-order valence-electron chi connectivity index (χ1n) is 12.9. The Hall–Kier alpha value is -1.85. The number of rotatable bonds is 3. The average Bonchev–Trinajstić information content (AvgIpc) is 3.24. The van der Waals surface area contributed by atoms with Gasteiger partial charge in [-0.2, -0.15) is 0 Å². The highest BCUT2D eigenvalue weighted by molar-refractivity contribution is 5.70. The standard InChI is InChI=1S/C28H40N2O3/c1-27(2,3)33-26(31)30-19-28(20-30)13-8-23(18-28)29-14-9-21(10-15-29)24-6-4-5-7-25(24)22-11-16-32-17-12-22/h4-7,11,21,23H,8-10,12-20H2,1-3H3/t23-/m1/s1. The zero-order chi connectivity index (χ0) is 23.1. The summed E-state index contributed by atoms with van der Waals surface area (Å²) >= 11 is 0. The quantitative estimate of drug-likeness (QED) is 0.611.